The SMILES string of the molecule is CCN(C(=O)C(C)Sc1nc2cc(S(=O)(=O)N(C)C)ccc2o1)C1CCS(=O)(=O)C1. The van der Waals surface area contributed by atoms with Crippen LogP contribution in [0.1, 0.15) is 20.3 Å². The largest absolute Gasteiger partial charge is 0.431 e. The Labute approximate surface area is 180 Å². The second-order valence-electron chi connectivity index (χ2n) is 7.34. The molecular formula is C18H25N3O6S3. The lowest BCUT2D eigenvalue weighted by Crippen LogP contribution is -2.44. The van der Waals surface area contributed by atoms with Gasteiger partial charge in [-0.1, -0.05) is 11.8 Å². The molecule has 0 aliphatic carbocycles. The molecule has 12 heteroatoms. The summed E-state index contributed by atoms with van der Waals surface area (Å²) in [7, 11) is -3.79. The molecule has 166 valence electrons. The van der Waals surface area contributed by atoms with Crippen molar-refractivity contribution in [1.29, 1.82) is 0 Å². The van der Waals surface area contributed by atoms with Crippen LogP contribution in [0.25, 0.3) is 11.1 Å². The Morgan fingerprint density at radius 1 is 1.37 bits per heavy atom. The smallest absolute Gasteiger partial charge is 0.257 e. The van der Waals surface area contributed by atoms with Crippen LogP contribution >= 0.6 is 11.8 Å². The zero-order chi connectivity index (χ0) is 22.3. The van der Waals surface area contributed by atoms with Crippen molar-refractivity contribution in [3.63, 3.8) is 0 Å². The third-order valence-corrected chi connectivity index (χ3v) is 9.51. The Kier molecular flexibility index (Phi) is 6.51. The van der Waals surface area contributed by atoms with Crippen LogP contribution in [0.4, 0.5) is 0 Å². The van der Waals surface area contributed by atoms with E-state index in [1.165, 1.54) is 32.3 Å². The Bertz CT molecular complexity index is 1160. The van der Waals surface area contributed by atoms with Gasteiger partial charge in [0.25, 0.3) is 5.22 Å². The number of oxazole rings is 1. The first-order valence-electron chi connectivity index (χ1n) is 9.45. The van der Waals surface area contributed by atoms with Crippen molar-refractivity contribution < 1.29 is 26.0 Å². The first kappa shape index (κ1) is 23.0. The standard InChI is InChI=1S/C18H25N3O6S3/c1-5-21(13-8-9-29(23,24)11-13)17(22)12(2)28-18-19-15-10-14(6-7-16(15)27-18)30(25,26)20(3)4/h6-7,10,12-13H,5,8-9,11H2,1-4H3. The highest BCUT2D eigenvalue weighted by Gasteiger charge is 2.35. The predicted molar refractivity (Wildman–Crippen MR) is 115 cm³/mol. The highest BCUT2D eigenvalue weighted by Crippen LogP contribution is 2.30. The van der Waals surface area contributed by atoms with E-state index in [0.29, 0.717) is 24.1 Å². The van der Waals surface area contributed by atoms with Gasteiger partial charge in [-0.2, -0.15) is 0 Å². The van der Waals surface area contributed by atoms with Gasteiger partial charge in [0.05, 0.1) is 21.7 Å². The minimum Gasteiger partial charge on any atom is -0.431 e. The van der Waals surface area contributed by atoms with Crippen LogP contribution in [0.3, 0.4) is 0 Å². The van der Waals surface area contributed by atoms with Gasteiger partial charge >= 0.3 is 0 Å². The Balaban J connectivity index is 1.77. The molecule has 1 saturated heterocycles. The molecule has 1 fully saturated rings. The number of hydrogen-bond acceptors (Lipinski definition) is 8. The lowest BCUT2D eigenvalue weighted by atomic mass is 10.2. The van der Waals surface area contributed by atoms with Crippen molar-refractivity contribution in [3.8, 4) is 0 Å². The normalized spacial score (nSPS) is 20.0. The van der Waals surface area contributed by atoms with E-state index in [2.05, 4.69) is 4.98 Å². The van der Waals surface area contributed by atoms with E-state index in [1.807, 2.05) is 6.92 Å². The molecule has 0 N–H and O–H groups in total. The maximum atomic E-state index is 12.9. The number of nitrogens with zero attached hydrogens (tertiary/aromatic N) is 3. The quantitative estimate of drug-likeness (QED) is 0.554. The van der Waals surface area contributed by atoms with Gasteiger partial charge in [-0.3, -0.25) is 4.79 Å². The Hall–Kier alpha value is -1.63. The van der Waals surface area contributed by atoms with Crippen LogP contribution in [0.5, 0.6) is 0 Å². The molecule has 3 rings (SSSR count). The summed E-state index contributed by atoms with van der Waals surface area (Å²) in [5.74, 6) is -0.0786. The van der Waals surface area contributed by atoms with Crippen molar-refractivity contribution in [2.75, 3.05) is 32.1 Å². The van der Waals surface area contributed by atoms with Crippen molar-refractivity contribution in [1.82, 2.24) is 14.2 Å². The maximum absolute atomic E-state index is 12.9. The minimum absolute atomic E-state index is 0.00399. The summed E-state index contributed by atoms with van der Waals surface area (Å²) < 4.78 is 54.9. The first-order valence-corrected chi connectivity index (χ1v) is 13.6. The second kappa shape index (κ2) is 8.48. The Morgan fingerprint density at radius 2 is 2.07 bits per heavy atom. The molecule has 0 spiro atoms. The molecule has 1 aliphatic rings. The topological polar surface area (TPSA) is 118 Å². The number of sulfonamides is 1. The molecule has 2 heterocycles. The number of thioether (sulfide) groups is 1. The van der Waals surface area contributed by atoms with Crippen LogP contribution in [0.15, 0.2) is 32.7 Å². The number of carbonyl (C=O) groups excluding carboxylic acids is 1. The molecule has 0 saturated carbocycles. The molecule has 2 aromatic rings. The maximum Gasteiger partial charge on any atom is 0.257 e. The van der Waals surface area contributed by atoms with Crippen LogP contribution in [0, 0.1) is 0 Å². The summed E-state index contributed by atoms with van der Waals surface area (Å²) in [5, 5.41) is -0.286. The molecule has 0 bridgehead atoms. The molecular weight excluding hydrogens is 450 g/mol. The highest BCUT2D eigenvalue weighted by molar-refractivity contribution is 8.00. The summed E-state index contributed by atoms with van der Waals surface area (Å²) >= 11 is 1.12. The first-order chi connectivity index (χ1) is 13.9. The fourth-order valence-corrected chi connectivity index (χ4v) is 6.84. The van der Waals surface area contributed by atoms with E-state index in [4.69, 9.17) is 4.42 Å². The average molecular weight is 476 g/mol. The number of hydrogen-bond donors (Lipinski definition) is 0. The molecule has 2 atom stereocenters. The van der Waals surface area contributed by atoms with Gasteiger partial charge in [0.15, 0.2) is 15.4 Å². The van der Waals surface area contributed by atoms with E-state index >= 15 is 0 Å². The lowest BCUT2D eigenvalue weighted by Gasteiger charge is -2.28. The molecule has 1 aromatic heterocycles. The van der Waals surface area contributed by atoms with Gasteiger partial charge in [0, 0.05) is 26.7 Å². The van der Waals surface area contributed by atoms with Crippen molar-refractivity contribution >= 4 is 48.6 Å². The highest BCUT2D eigenvalue weighted by atomic mass is 32.2. The van der Waals surface area contributed by atoms with E-state index < -0.39 is 25.1 Å². The number of carbonyl (C=O) groups is 1. The monoisotopic (exact) mass is 475 g/mol. The fourth-order valence-electron chi connectivity index (χ4n) is 3.36. The molecule has 9 nitrogen and oxygen atoms in total. The molecule has 30 heavy (non-hydrogen) atoms. The number of sulfone groups is 1. The van der Waals surface area contributed by atoms with E-state index in [1.54, 1.807) is 11.8 Å². The van der Waals surface area contributed by atoms with E-state index in [9.17, 15) is 21.6 Å². The second-order valence-corrected chi connectivity index (χ2v) is 13.0. The van der Waals surface area contributed by atoms with Crippen LogP contribution < -0.4 is 0 Å². The molecule has 1 aliphatic heterocycles. The number of benzene rings is 1. The number of aromatic nitrogens is 1. The Morgan fingerprint density at radius 3 is 2.63 bits per heavy atom. The third-order valence-electron chi connectivity index (χ3n) is 5.02. The van der Waals surface area contributed by atoms with Crippen molar-refractivity contribution in [2.45, 2.75) is 41.7 Å². The molecule has 1 amide bonds. The third kappa shape index (κ3) is 4.66. The van der Waals surface area contributed by atoms with Gasteiger partial charge in [-0.15, -0.1) is 0 Å². The molecule has 0 radical (unpaired) electrons. The van der Waals surface area contributed by atoms with Crippen LogP contribution in [0.2, 0.25) is 0 Å². The molecule has 1 aromatic carbocycles. The number of amides is 1. The van der Waals surface area contributed by atoms with Crippen LogP contribution in [-0.4, -0.2) is 80.4 Å². The zero-order valence-electron chi connectivity index (χ0n) is 17.2. The summed E-state index contributed by atoms with van der Waals surface area (Å²) in [6.07, 6.45) is 0.450. The van der Waals surface area contributed by atoms with E-state index in [-0.39, 0.29) is 33.6 Å². The van der Waals surface area contributed by atoms with Gasteiger partial charge in [0.1, 0.15) is 5.52 Å². The average Bonchev–Trinajstić information content (AvgIpc) is 3.23. The van der Waals surface area contributed by atoms with E-state index in [0.717, 1.165) is 16.1 Å². The zero-order valence-corrected chi connectivity index (χ0v) is 19.7. The predicted octanol–water partition coefficient (Wildman–Crippen LogP) is 1.59. The molecule has 2 unspecified atom stereocenters. The minimum atomic E-state index is -3.59. The fraction of sp³-hybridized carbons (Fsp3) is 0.556. The summed E-state index contributed by atoms with van der Waals surface area (Å²) in [6, 6.07) is 4.12. The van der Waals surface area contributed by atoms with Gasteiger partial charge in [-0.05, 0) is 38.5 Å². The van der Waals surface area contributed by atoms with Crippen molar-refractivity contribution in [2.24, 2.45) is 0 Å². The van der Waals surface area contributed by atoms with Gasteiger partial charge in [0.2, 0.25) is 15.9 Å². The van der Waals surface area contributed by atoms with Gasteiger partial charge in [-0.25, -0.2) is 26.1 Å². The number of rotatable bonds is 7. The number of fused-ring (bicyclic) bond motifs is 1. The van der Waals surface area contributed by atoms with Crippen molar-refractivity contribution in [3.05, 3.63) is 18.2 Å². The van der Waals surface area contributed by atoms with Gasteiger partial charge < -0.3 is 9.32 Å². The lowest BCUT2D eigenvalue weighted by molar-refractivity contribution is -0.131. The summed E-state index contributed by atoms with van der Waals surface area (Å²) in [6.45, 7) is 3.96. The summed E-state index contributed by atoms with van der Waals surface area (Å²) in [4.78, 5) is 18.9. The van der Waals surface area contributed by atoms with Crippen LogP contribution in [-0.2, 0) is 24.7 Å². The summed E-state index contributed by atoms with van der Waals surface area (Å²) in [5.41, 5.74) is 0.804.